The molecule has 1 N–H and O–H groups in total. The van der Waals surface area contributed by atoms with Crippen LogP contribution in [0.15, 0.2) is 24.3 Å². The third-order valence-electron chi connectivity index (χ3n) is 7.24. The monoisotopic (exact) mass is 366 g/mol. The van der Waals surface area contributed by atoms with Gasteiger partial charge in [-0.3, -0.25) is 19.3 Å². The van der Waals surface area contributed by atoms with Gasteiger partial charge in [-0.25, -0.2) is 0 Å². The topological polar surface area (TPSA) is 66.5 Å². The van der Waals surface area contributed by atoms with E-state index < -0.39 is 0 Å². The quantitative estimate of drug-likeness (QED) is 0.833. The van der Waals surface area contributed by atoms with Gasteiger partial charge in [0.1, 0.15) is 0 Å². The first-order valence-electron chi connectivity index (χ1n) is 10.3. The molecule has 4 saturated carbocycles. The summed E-state index contributed by atoms with van der Waals surface area (Å²) in [5.74, 6) is 2.92. The van der Waals surface area contributed by atoms with Crippen molar-refractivity contribution in [2.75, 3.05) is 0 Å². The van der Waals surface area contributed by atoms with E-state index in [1.165, 1.54) is 37.0 Å². The van der Waals surface area contributed by atoms with Gasteiger partial charge in [0.15, 0.2) is 0 Å². The third-order valence-corrected chi connectivity index (χ3v) is 7.24. The Balaban J connectivity index is 1.23. The van der Waals surface area contributed by atoms with Gasteiger partial charge in [-0.2, -0.15) is 0 Å². The zero-order chi connectivity index (χ0) is 18.5. The van der Waals surface area contributed by atoms with E-state index in [2.05, 4.69) is 5.32 Å². The van der Waals surface area contributed by atoms with Gasteiger partial charge in [0, 0.05) is 24.4 Å². The lowest BCUT2D eigenvalue weighted by atomic mass is 9.54. The second kappa shape index (κ2) is 6.47. The average molecular weight is 366 g/mol. The van der Waals surface area contributed by atoms with E-state index in [-0.39, 0.29) is 17.7 Å². The number of imide groups is 1. The lowest BCUT2D eigenvalue weighted by Crippen LogP contribution is -2.55. The van der Waals surface area contributed by atoms with Gasteiger partial charge in [-0.05, 0) is 73.5 Å². The fourth-order valence-corrected chi connectivity index (χ4v) is 6.14. The van der Waals surface area contributed by atoms with Crippen LogP contribution in [0.1, 0.15) is 60.9 Å². The molecular weight excluding hydrogens is 340 g/mol. The minimum absolute atomic E-state index is 0.00680. The summed E-state index contributed by atoms with van der Waals surface area (Å²) in [5.41, 5.74) is 1.54. The molecule has 1 aromatic rings. The molecule has 4 bridgehead atoms. The van der Waals surface area contributed by atoms with Crippen molar-refractivity contribution >= 4 is 17.7 Å². The van der Waals surface area contributed by atoms with Crippen LogP contribution in [0.5, 0.6) is 0 Å². The van der Waals surface area contributed by atoms with E-state index in [0.29, 0.717) is 42.8 Å². The van der Waals surface area contributed by atoms with E-state index in [4.69, 9.17) is 0 Å². The molecule has 0 aromatic heterocycles. The number of hydrogen-bond acceptors (Lipinski definition) is 3. The van der Waals surface area contributed by atoms with Crippen molar-refractivity contribution in [1.82, 2.24) is 10.2 Å². The van der Waals surface area contributed by atoms with E-state index in [1.807, 2.05) is 24.3 Å². The van der Waals surface area contributed by atoms with Gasteiger partial charge in [0.05, 0.1) is 6.54 Å². The highest BCUT2D eigenvalue weighted by Crippen LogP contribution is 2.53. The summed E-state index contributed by atoms with van der Waals surface area (Å²) in [5, 5.41) is 3.33. The second-order valence-corrected chi connectivity index (χ2v) is 9.00. The minimum atomic E-state index is -0.108. The minimum Gasteiger partial charge on any atom is -0.349 e. The fraction of sp³-hybridized carbons (Fsp3) is 0.591. The largest absolute Gasteiger partial charge is 0.349 e. The number of nitrogens with one attached hydrogen (secondary N) is 1. The number of likely N-dealkylation sites (tertiary alicyclic amines) is 1. The van der Waals surface area contributed by atoms with Gasteiger partial charge in [-0.1, -0.05) is 12.1 Å². The Kier molecular flexibility index (Phi) is 4.06. The first-order valence-corrected chi connectivity index (χ1v) is 10.3. The highest BCUT2D eigenvalue weighted by molar-refractivity contribution is 6.01. The zero-order valence-corrected chi connectivity index (χ0v) is 15.5. The SMILES string of the molecule is O=C(NC1C2CC3CC(C2)CC1C3)c1ccc(CN2C(=O)CCC2=O)cc1. The molecule has 1 aromatic carbocycles. The molecule has 0 spiro atoms. The van der Waals surface area contributed by atoms with Crippen LogP contribution in [0, 0.1) is 23.7 Å². The summed E-state index contributed by atoms with van der Waals surface area (Å²) < 4.78 is 0. The highest BCUT2D eigenvalue weighted by atomic mass is 16.2. The Morgan fingerprint density at radius 2 is 1.44 bits per heavy atom. The maximum atomic E-state index is 12.8. The van der Waals surface area contributed by atoms with Crippen molar-refractivity contribution in [3.63, 3.8) is 0 Å². The predicted molar refractivity (Wildman–Crippen MR) is 99.5 cm³/mol. The molecule has 1 aliphatic heterocycles. The van der Waals surface area contributed by atoms with Crippen LogP contribution in [-0.2, 0) is 16.1 Å². The molecule has 4 aliphatic carbocycles. The third kappa shape index (κ3) is 3.07. The van der Waals surface area contributed by atoms with Crippen LogP contribution in [0.4, 0.5) is 0 Å². The molecule has 0 atom stereocenters. The predicted octanol–water partition coefficient (Wildman–Crippen LogP) is 2.89. The van der Waals surface area contributed by atoms with Crippen LogP contribution in [0.2, 0.25) is 0 Å². The number of carbonyl (C=O) groups is 3. The molecule has 5 nitrogen and oxygen atoms in total. The first kappa shape index (κ1) is 17.0. The van der Waals surface area contributed by atoms with Crippen LogP contribution in [-0.4, -0.2) is 28.7 Å². The lowest BCUT2D eigenvalue weighted by Gasteiger charge is -2.54. The molecule has 5 fully saturated rings. The molecular formula is C22H26N2O3. The van der Waals surface area contributed by atoms with Crippen molar-refractivity contribution < 1.29 is 14.4 Å². The molecule has 3 amide bonds. The van der Waals surface area contributed by atoms with Crippen LogP contribution in [0.25, 0.3) is 0 Å². The lowest BCUT2D eigenvalue weighted by molar-refractivity contribution is -0.139. The number of hydrogen-bond donors (Lipinski definition) is 1. The summed E-state index contributed by atoms with van der Waals surface area (Å²) in [4.78, 5) is 37.6. The summed E-state index contributed by atoms with van der Waals surface area (Å²) >= 11 is 0. The molecule has 1 heterocycles. The smallest absolute Gasteiger partial charge is 0.251 e. The summed E-state index contributed by atoms with van der Waals surface area (Å²) in [6, 6.07) is 7.66. The Morgan fingerprint density at radius 1 is 0.889 bits per heavy atom. The van der Waals surface area contributed by atoms with Gasteiger partial charge in [-0.15, -0.1) is 0 Å². The number of nitrogens with zero attached hydrogens (tertiary/aromatic N) is 1. The number of benzene rings is 1. The van der Waals surface area contributed by atoms with E-state index in [0.717, 1.165) is 17.4 Å². The summed E-state index contributed by atoms with van der Waals surface area (Å²) in [6.07, 6.45) is 7.18. The van der Waals surface area contributed by atoms with Crippen LogP contribution < -0.4 is 5.32 Å². The normalized spacial score (nSPS) is 34.4. The Hall–Kier alpha value is -2.17. The number of amides is 3. The zero-order valence-electron chi connectivity index (χ0n) is 15.5. The molecule has 0 unspecified atom stereocenters. The summed E-state index contributed by atoms with van der Waals surface area (Å²) in [6.45, 7) is 0.301. The second-order valence-electron chi connectivity index (χ2n) is 9.00. The molecule has 27 heavy (non-hydrogen) atoms. The molecule has 1 saturated heterocycles. The molecule has 6 rings (SSSR count). The van der Waals surface area contributed by atoms with Gasteiger partial charge < -0.3 is 5.32 Å². The average Bonchev–Trinajstić information content (AvgIpc) is 2.96. The van der Waals surface area contributed by atoms with Gasteiger partial charge >= 0.3 is 0 Å². The molecule has 5 aliphatic rings. The molecule has 142 valence electrons. The standard InChI is InChI=1S/C22H26N2O3/c25-19-5-6-20(26)24(19)12-13-1-3-16(4-2-13)22(27)23-21-17-8-14-7-15(10-17)11-18(21)9-14/h1-4,14-15,17-18,21H,5-12H2,(H,23,27). The van der Waals surface area contributed by atoms with Crippen molar-refractivity contribution in [1.29, 1.82) is 0 Å². The van der Waals surface area contributed by atoms with Crippen LogP contribution >= 0.6 is 0 Å². The molecule has 5 heteroatoms. The Morgan fingerprint density at radius 3 is 2.00 bits per heavy atom. The van der Waals surface area contributed by atoms with E-state index >= 15 is 0 Å². The van der Waals surface area contributed by atoms with Gasteiger partial charge in [0.2, 0.25) is 11.8 Å². The molecule has 0 radical (unpaired) electrons. The van der Waals surface area contributed by atoms with Crippen molar-refractivity contribution in [2.45, 2.75) is 57.5 Å². The number of carbonyl (C=O) groups excluding carboxylic acids is 3. The van der Waals surface area contributed by atoms with Crippen LogP contribution in [0.3, 0.4) is 0 Å². The van der Waals surface area contributed by atoms with Crippen molar-refractivity contribution in [3.05, 3.63) is 35.4 Å². The highest BCUT2D eigenvalue weighted by Gasteiger charge is 2.48. The van der Waals surface area contributed by atoms with E-state index in [1.54, 1.807) is 0 Å². The number of rotatable bonds is 4. The fourth-order valence-electron chi connectivity index (χ4n) is 6.14. The Labute approximate surface area is 159 Å². The Bertz CT molecular complexity index is 741. The summed E-state index contributed by atoms with van der Waals surface area (Å²) in [7, 11) is 0. The van der Waals surface area contributed by atoms with Crippen molar-refractivity contribution in [2.24, 2.45) is 23.7 Å². The van der Waals surface area contributed by atoms with Crippen molar-refractivity contribution in [3.8, 4) is 0 Å². The first-order chi connectivity index (χ1) is 13.1. The maximum Gasteiger partial charge on any atom is 0.251 e. The van der Waals surface area contributed by atoms with Gasteiger partial charge in [0.25, 0.3) is 5.91 Å². The van der Waals surface area contributed by atoms with E-state index in [9.17, 15) is 14.4 Å². The maximum absolute atomic E-state index is 12.8.